The second-order valence-corrected chi connectivity index (χ2v) is 23.0. The maximum absolute atomic E-state index is 6.99. The number of aromatic nitrogens is 2. The molecular weight excluding hydrogens is 877 g/mol. The summed E-state index contributed by atoms with van der Waals surface area (Å²) in [5.74, 6) is 3.09. The fraction of sp³-hybridized carbons (Fsp3) is 0.269. The minimum absolute atomic E-state index is 0.0428. The average molecular weight is 947 g/mol. The first-order valence-corrected chi connectivity index (χ1v) is 25.8. The van der Waals surface area contributed by atoms with E-state index in [9.17, 15) is 0 Å². The lowest BCUT2D eigenvalue weighted by atomic mass is 9.78. The van der Waals surface area contributed by atoms with E-state index in [4.69, 9.17) is 9.72 Å². The minimum atomic E-state index is -0.196. The van der Waals surface area contributed by atoms with Crippen molar-refractivity contribution in [2.24, 2.45) is 0 Å². The summed E-state index contributed by atoms with van der Waals surface area (Å²) in [5, 5.41) is 2.34. The van der Waals surface area contributed by atoms with Crippen LogP contribution in [0.1, 0.15) is 134 Å². The average Bonchev–Trinajstić information content (AvgIpc) is 3.96. The van der Waals surface area contributed by atoms with Crippen molar-refractivity contribution in [3.05, 3.63) is 221 Å². The normalized spacial score (nSPS) is 13.5. The molecule has 0 spiro atoms. The standard InChI is InChI=1S/C67H70N4O/c1-44(2)56-27-20-28-57(45(3)4)64(56)62-42-69(53-36-47(46-21-15-13-16-22-46)35-51(37-53)66(8,9)10)43-70(62)52-25-19-26-54(40-52)72-55-30-31-58-59-38-50(67(11,12)48-23-17-14-18-24-48)29-32-60(59)71(61(58)41-55)63-39-49(33-34-68-63)65(5,6)7/h13-42,44-45H,43H2,1-12H3. The van der Waals surface area contributed by atoms with Crippen molar-refractivity contribution in [2.45, 2.75) is 111 Å². The summed E-state index contributed by atoms with van der Waals surface area (Å²) in [6.07, 6.45) is 4.33. The molecule has 0 fully saturated rings. The SMILES string of the molecule is CC(C)c1cccc(C(C)C)c1C1=CN(c2cc(-c3ccccc3)cc(C(C)(C)C)c2)CN1c1cccc(Oc2ccc3c4cc(C(C)(C)c5ccccc5)ccc4n(-c4cc(C(C)(C)C)ccn4)c3c2)c1. The van der Waals surface area contributed by atoms with Gasteiger partial charge < -0.3 is 14.5 Å². The largest absolute Gasteiger partial charge is 0.457 e. The van der Waals surface area contributed by atoms with Gasteiger partial charge in [0.2, 0.25) is 0 Å². The van der Waals surface area contributed by atoms with Crippen molar-refractivity contribution in [1.82, 2.24) is 9.55 Å². The highest BCUT2D eigenvalue weighted by molar-refractivity contribution is 6.10. The Morgan fingerprint density at radius 1 is 0.486 bits per heavy atom. The van der Waals surface area contributed by atoms with Crippen molar-refractivity contribution in [3.63, 3.8) is 0 Å². The first-order chi connectivity index (χ1) is 34.3. The lowest BCUT2D eigenvalue weighted by molar-refractivity contribution is 0.483. The number of ether oxygens (including phenoxy) is 1. The highest BCUT2D eigenvalue weighted by atomic mass is 16.5. The van der Waals surface area contributed by atoms with E-state index in [1.807, 2.05) is 6.20 Å². The first-order valence-electron chi connectivity index (χ1n) is 25.8. The minimum Gasteiger partial charge on any atom is -0.457 e. The third-order valence-corrected chi connectivity index (χ3v) is 14.9. The van der Waals surface area contributed by atoms with Gasteiger partial charge in [-0.1, -0.05) is 180 Å². The number of benzene rings is 7. The summed E-state index contributed by atoms with van der Waals surface area (Å²) in [6.45, 7) is 28.2. The van der Waals surface area contributed by atoms with Gasteiger partial charge in [0, 0.05) is 57.7 Å². The Balaban J connectivity index is 1.08. The Morgan fingerprint density at radius 2 is 1.15 bits per heavy atom. The van der Waals surface area contributed by atoms with Crippen LogP contribution in [-0.2, 0) is 16.2 Å². The highest BCUT2D eigenvalue weighted by Gasteiger charge is 2.31. The Bertz CT molecular complexity index is 3450. The monoisotopic (exact) mass is 947 g/mol. The van der Waals surface area contributed by atoms with Crippen LogP contribution < -0.4 is 14.5 Å². The van der Waals surface area contributed by atoms with E-state index in [1.54, 1.807) is 0 Å². The van der Waals surface area contributed by atoms with Crippen LogP contribution in [0.4, 0.5) is 11.4 Å². The summed E-state index contributed by atoms with van der Waals surface area (Å²) < 4.78 is 9.30. The summed E-state index contributed by atoms with van der Waals surface area (Å²) in [7, 11) is 0. The molecule has 0 aliphatic carbocycles. The lowest BCUT2D eigenvalue weighted by Gasteiger charge is -2.29. The number of hydrogen-bond acceptors (Lipinski definition) is 4. The maximum Gasteiger partial charge on any atom is 0.137 e. The molecule has 3 heterocycles. The van der Waals surface area contributed by atoms with Gasteiger partial charge in [-0.25, -0.2) is 4.98 Å². The molecule has 0 saturated heterocycles. The van der Waals surface area contributed by atoms with Gasteiger partial charge in [0.1, 0.15) is 17.3 Å². The predicted octanol–water partition coefficient (Wildman–Crippen LogP) is 18.1. The molecule has 364 valence electrons. The molecule has 5 nitrogen and oxygen atoms in total. The van der Waals surface area contributed by atoms with Crippen LogP contribution in [-0.4, -0.2) is 16.2 Å². The van der Waals surface area contributed by atoms with Crippen molar-refractivity contribution < 1.29 is 4.74 Å². The van der Waals surface area contributed by atoms with Gasteiger partial charge in [0.15, 0.2) is 0 Å². The van der Waals surface area contributed by atoms with Crippen LogP contribution in [0, 0.1) is 0 Å². The smallest absolute Gasteiger partial charge is 0.137 e. The summed E-state index contributed by atoms with van der Waals surface area (Å²) >= 11 is 0. The molecule has 9 aromatic rings. The van der Waals surface area contributed by atoms with Crippen molar-refractivity contribution in [3.8, 4) is 28.4 Å². The van der Waals surface area contributed by atoms with Crippen molar-refractivity contribution in [2.75, 3.05) is 16.5 Å². The number of pyridine rings is 1. The van der Waals surface area contributed by atoms with E-state index < -0.39 is 0 Å². The molecule has 10 rings (SSSR count). The zero-order chi connectivity index (χ0) is 50.7. The van der Waals surface area contributed by atoms with Crippen LogP contribution in [0.3, 0.4) is 0 Å². The number of hydrogen-bond donors (Lipinski definition) is 0. The molecule has 0 unspecified atom stereocenters. The van der Waals surface area contributed by atoms with Gasteiger partial charge in [-0.3, -0.25) is 4.57 Å². The second-order valence-electron chi connectivity index (χ2n) is 23.0. The molecule has 2 aromatic heterocycles. The van der Waals surface area contributed by atoms with E-state index in [1.165, 1.54) is 66.8 Å². The second kappa shape index (κ2) is 18.7. The quantitative estimate of drug-likeness (QED) is 0.129. The van der Waals surface area contributed by atoms with Crippen molar-refractivity contribution >= 4 is 38.9 Å². The number of anilines is 2. The maximum atomic E-state index is 6.99. The van der Waals surface area contributed by atoms with Crippen LogP contribution >= 0.6 is 0 Å². The topological polar surface area (TPSA) is 33.5 Å². The molecule has 0 saturated carbocycles. The van der Waals surface area contributed by atoms with Gasteiger partial charge >= 0.3 is 0 Å². The fourth-order valence-corrected chi connectivity index (χ4v) is 10.5. The Morgan fingerprint density at radius 3 is 1.83 bits per heavy atom. The Kier molecular flexibility index (Phi) is 12.5. The number of nitrogens with zero attached hydrogens (tertiary/aromatic N) is 4. The molecule has 0 atom stereocenters. The van der Waals surface area contributed by atoms with Gasteiger partial charge in [0.25, 0.3) is 0 Å². The molecule has 0 radical (unpaired) electrons. The van der Waals surface area contributed by atoms with Crippen LogP contribution in [0.5, 0.6) is 11.5 Å². The molecule has 1 aliphatic heterocycles. The molecular formula is C67H70N4O. The van der Waals surface area contributed by atoms with Crippen LogP contribution in [0.25, 0.3) is 44.4 Å². The van der Waals surface area contributed by atoms with Crippen LogP contribution in [0.15, 0.2) is 182 Å². The molecule has 0 bridgehead atoms. The Hall–Kier alpha value is -7.37. The third kappa shape index (κ3) is 9.22. The Labute approximate surface area is 428 Å². The molecule has 0 amide bonds. The fourth-order valence-electron chi connectivity index (χ4n) is 10.5. The molecule has 7 aromatic carbocycles. The summed E-state index contributed by atoms with van der Waals surface area (Å²) in [6, 6.07) is 62.0. The molecule has 1 aliphatic rings. The van der Waals surface area contributed by atoms with E-state index >= 15 is 0 Å². The molecule has 5 heteroatoms. The van der Waals surface area contributed by atoms with Gasteiger partial charge in [0.05, 0.1) is 23.4 Å². The van der Waals surface area contributed by atoms with Crippen molar-refractivity contribution in [1.29, 1.82) is 0 Å². The zero-order valence-electron chi connectivity index (χ0n) is 44.4. The number of rotatable bonds is 11. The van der Waals surface area contributed by atoms with Gasteiger partial charge in [-0.05, 0) is 128 Å². The van der Waals surface area contributed by atoms with E-state index in [2.05, 4.69) is 274 Å². The van der Waals surface area contributed by atoms with E-state index in [-0.39, 0.29) is 16.2 Å². The number of fused-ring (bicyclic) bond motifs is 3. The van der Waals surface area contributed by atoms with E-state index in [0.717, 1.165) is 39.4 Å². The van der Waals surface area contributed by atoms with Gasteiger partial charge in [-0.15, -0.1) is 0 Å². The van der Waals surface area contributed by atoms with Gasteiger partial charge in [-0.2, -0.15) is 0 Å². The molecule has 0 N–H and O–H groups in total. The summed E-state index contributed by atoms with van der Waals surface area (Å²) in [5.41, 5.74) is 16.8. The van der Waals surface area contributed by atoms with E-state index in [0.29, 0.717) is 18.5 Å². The van der Waals surface area contributed by atoms with Crippen LogP contribution in [0.2, 0.25) is 0 Å². The highest BCUT2D eigenvalue weighted by Crippen LogP contribution is 2.44. The third-order valence-electron chi connectivity index (χ3n) is 14.9. The lowest BCUT2D eigenvalue weighted by Crippen LogP contribution is -2.27. The summed E-state index contributed by atoms with van der Waals surface area (Å²) in [4.78, 5) is 9.94. The molecule has 72 heavy (non-hydrogen) atoms. The first kappa shape index (κ1) is 48.3. The zero-order valence-corrected chi connectivity index (χ0v) is 44.4. The predicted molar refractivity (Wildman–Crippen MR) is 305 cm³/mol.